The molecule has 2 amide bonds. The van der Waals surface area contributed by atoms with Crippen LogP contribution in [-0.4, -0.2) is 42.4 Å². The minimum atomic E-state index is -0.165. The molecule has 0 aliphatic rings. The summed E-state index contributed by atoms with van der Waals surface area (Å²) in [5.74, 6) is -0.161. The van der Waals surface area contributed by atoms with Gasteiger partial charge in [-0.15, -0.1) is 0 Å². The summed E-state index contributed by atoms with van der Waals surface area (Å²) in [6.07, 6.45) is 0. The highest BCUT2D eigenvalue weighted by Gasteiger charge is 2.13. The van der Waals surface area contributed by atoms with Crippen molar-refractivity contribution in [2.45, 2.75) is 40.7 Å². The summed E-state index contributed by atoms with van der Waals surface area (Å²) >= 11 is 0. The third kappa shape index (κ3) is 5.12. The van der Waals surface area contributed by atoms with Crippen molar-refractivity contribution in [3.8, 4) is 0 Å². The van der Waals surface area contributed by atoms with Crippen molar-refractivity contribution in [3.05, 3.63) is 59.7 Å². The number of amides is 2. The Bertz CT molecular complexity index is 778. The summed E-state index contributed by atoms with van der Waals surface area (Å²) in [6.45, 7) is 12.6. The number of rotatable bonds is 8. The van der Waals surface area contributed by atoms with E-state index in [0.29, 0.717) is 35.9 Å². The van der Waals surface area contributed by atoms with Gasteiger partial charge in [0, 0.05) is 48.2 Å². The second-order valence-electron chi connectivity index (χ2n) is 6.94. The predicted molar refractivity (Wildman–Crippen MR) is 116 cm³/mol. The van der Waals surface area contributed by atoms with Crippen LogP contribution in [0.2, 0.25) is 0 Å². The van der Waals surface area contributed by atoms with Crippen LogP contribution in [-0.2, 0) is 0 Å². The number of carbonyl (C=O) groups is 2. The van der Waals surface area contributed by atoms with Crippen molar-refractivity contribution < 1.29 is 9.59 Å². The first-order chi connectivity index (χ1) is 13.4. The molecule has 1 N–H and O–H groups in total. The fourth-order valence-electron chi connectivity index (χ4n) is 3.24. The molecule has 28 heavy (non-hydrogen) atoms. The monoisotopic (exact) mass is 381 g/mol. The Morgan fingerprint density at radius 1 is 0.821 bits per heavy atom. The third-order valence-corrected chi connectivity index (χ3v) is 4.87. The molecule has 2 aromatic carbocycles. The van der Waals surface area contributed by atoms with E-state index < -0.39 is 0 Å². The van der Waals surface area contributed by atoms with Gasteiger partial charge in [0.05, 0.1) is 0 Å². The molecule has 0 aromatic heterocycles. The number of hydrogen-bond acceptors (Lipinski definition) is 3. The van der Waals surface area contributed by atoms with Crippen LogP contribution >= 0.6 is 0 Å². The Morgan fingerprint density at radius 3 is 1.82 bits per heavy atom. The molecule has 5 nitrogen and oxygen atoms in total. The molecule has 0 atom stereocenters. The Hall–Kier alpha value is -2.82. The lowest BCUT2D eigenvalue weighted by atomic mass is 10.1. The van der Waals surface area contributed by atoms with Crippen molar-refractivity contribution in [2.75, 3.05) is 29.9 Å². The molecule has 0 fully saturated rings. The van der Waals surface area contributed by atoms with Crippen LogP contribution in [0.15, 0.2) is 48.5 Å². The topological polar surface area (TPSA) is 52.7 Å². The zero-order valence-electron chi connectivity index (χ0n) is 17.5. The lowest BCUT2D eigenvalue weighted by molar-refractivity contribution is 0.0773. The first-order valence-corrected chi connectivity index (χ1v) is 9.98. The van der Waals surface area contributed by atoms with Gasteiger partial charge in [-0.25, -0.2) is 0 Å². The largest absolute Gasteiger partial charge is 0.369 e. The Morgan fingerprint density at radius 2 is 1.36 bits per heavy atom. The van der Waals surface area contributed by atoms with Gasteiger partial charge in [-0.3, -0.25) is 9.59 Å². The Balaban J connectivity index is 2.05. The number of nitrogens with one attached hydrogen (secondary N) is 1. The van der Waals surface area contributed by atoms with Crippen LogP contribution in [0.25, 0.3) is 0 Å². The normalized spacial score (nSPS) is 10.6. The van der Waals surface area contributed by atoms with Gasteiger partial charge in [0.2, 0.25) is 0 Å². The van der Waals surface area contributed by atoms with E-state index in [4.69, 9.17) is 0 Å². The first kappa shape index (κ1) is 21.5. The van der Waals surface area contributed by atoms with Crippen LogP contribution in [0, 0.1) is 0 Å². The highest BCUT2D eigenvalue weighted by atomic mass is 16.2. The van der Waals surface area contributed by atoms with Crippen LogP contribution < -0.4 is 10.2 Å². The van der Waals surface area contributed by atoms with E-state index in [1.807, 2.05) is 38.1 Å². The molecule has 0 aliphatic heterocycles. The van der Waals surface area contributed by atoms with Crippen molar-refractivity contribution in [3.63, 3.8) is 0 Å². The maximum absolute atomic E-state index is 12.5. The van der Waals surface area contributed by atoms with Gasteiger partial charge >= 0.3 is 0 Å². The first-order valence-electron chi connectivity index (χ1n) is 9.98. The molecule has 0 saturated carbocycles. The smallest absolute Gasteiger partial charge is 0.255 e. The maximum Gasteiger partial charge on any atom is 0.255 e. The fourth-order valence-corrected chi connectivity index (χ4v) is 3.24. The van der Waals surface area contributed by atoms with Crippen molar-refractivity contribution in [1.29, 1.82) is 0 Å². The third-order valence-electron chi connectivity index (χ3n) is 4.87. The van der Waals surface area contributed by atoms with E-state index in [1.54, 1.807) is 29.2 Å². The lowest BCUT2D eigenvalue weighted by Crippen LogP contribution is -2.30. The second kappa shape index (κ2) is 9.93. The molecule has 150 valence electrons. The van der Waals surface area contributed by atoms with E-state index >= 15 is 0 Å². The minimum Gasteiger partial charge on any atom is -0.369 e. The van der Waals surface area contributed by atoms with Gasteiger partial charge < -0.3 is 15.1 Å². The van der Waals surface area contributed by atoms with E-state index in [0.717, 1.165) is 12.2 Å². The number of nitrogens with zero attached hydrogens (tertiary/aromatic N) is 2. The van der Waals surface area contributed by atoms with Gasteiger partial charge in [-0.05, 0) is 83.1 Å². The zero-order valence-corrected chi connectivity index (χ0v) is 17.5. The molecular weight excluding hydrogens is 350 g/mol. The van der Waals surface area contributed by atoms with Gasteiger partial charge in [0.1, 0.15) is 0 Å². The van der Waals surface area contributed by atoms with Gasteiger partial charge in [-0.1, -0.05) is 0 Å². The number of carbonyl (C=O) groups excluding carboxylic acids is 2. The molecule has 5 heteroatoms. The maximum atomic E-state index is 12.5. The molecule has 0 unspecified atom stereocenters. The van der Waals surface area contributed by atoms with E-state index in [9.17, 15) is 9.59 Å². The molecule has 2 aromatic rings. The quantitative estimate of drug-likeness (QED) is 0.724. The van der Waals surface area contributed by atoms with Crippen LogP contribution in [0.3, 0.4) is 0 Å². The van der Waals surface area contributed by atoms with E-state index in [2.05, 4.69) is 31.0 Å². The predicted octanol–water partition coefficient (Wildman–Crippen LogP) is 4.66. The van der Waals surface area contributed by atoms with E-state index in [1.165, 1.54) is 0 Å². The number of benzene rings is 2. The number of hydrogen-bond donors (Lipinski definition) is 1. The highest BCUT2D eigenvalue weighted by molar-refractivity contribution is 6.04. The van der Waals surface area contributed by atoms with Gasteiger partial charge in [-0.2, -0.15) is 0 Å². The van der Waals surface area contributed by atoms with Crippen molar-refractivity contribution >= 4 is 23.2 Å². The van der Waals surface area contributed by atoms with Gasteiger partial charge in [0.15, 0.2) is 0 Å². The average molecular weight is 382 g/mol. The number of anilines is 2. The SMILES string of the molecule is CCN(CC)C(=O)c1ccc(NC(=O)c2ccc(N(CC)C(C)C)cc2)cc1. The molecule has 0 radical (unpaired) electrons. The zero-order chi connectivity index (χ0) is 20.7. The highest BCUT2D eigenvalue weighted by Crippen LogP contribution is 2.19. The molecular formula is C23H31N3O2. The molecule has 0 saturated heterocycles. The van der Waals surface area contributed by atoms with Crippen LogP contribution in [0.5, 0.6) is 0 Å². The molecule has 0 spiro atoms. The minimum absolute atomic E-state index is 0.00379. The van der Waals surface area contributed by atoms with Gasteiger partial charge in [0.25, 0.3) is 11.8 Å². The second-order valence-corrected chi connectivity index (χ2v) is 6.94. The molecule has 2 rings (SSSR count). The summed E-state index contributed by atoms with van der Waals surface area (Å²) in [5, 5.41) is 2.89. The summed E-state index contributed by atoms with van der Waals surface area (Å²) in [5.41, 5.74) is 3.00. The lowest BCUT2D eigenvalue weighted by Gasteiger charge is -2.27. The van der Waals surface area contributed by atoms with Crippen LogP contribution in [0.4, 0.5) is 11.4 Å². The summed E-state index contributed by atoms with van der Waals surface area (Å²) in [6, 6.07) is 15.1. The van der Waals surface area contributed by atoms with Crippen LogP contribution in [0.1, 0.15) is 55.3 Å². The van der Waals surface area contributed by atoms with Crippen molar-refractivity contribution in [1.82, 2.24) is 4.90 Å². The van der Waals surface area contributed by atoms with Crippen molar-refractivity contribution in [2.24, 2.45) is 0 Å². The standard InChI is InChI=1S/C23H31N3O2/c1-6-25(7-2)23(28)19-9-13-20(14-10-19)24-22(27)18-11-15-21(16-12-18)26(8-3)17(4)5/h9-17H,6-8H2,1-5H3,(H,24,27). The molecule has 0 bridgehead atoms. The Kier molecular flexibility index (Phi) is 7.61. The summed E-state index contributed by atoms with van der Waals surface area (Å²) in [4.78, 5) is 28.9. The average Bonchev–Trinajstić information content (AvgIpc) is 2.70. The summed E-state index contributed by atoms with van der Waals surface area (Å²) < 4.78 is 0. The fraction of sp³-hybridized carbons (Fsp3) is 0.391. The van der Waals surface area contributed by atoms with E-state index in [-0.39, 0.29) is 11.8 Å². The molecule has 0 aliphatic carbocycles. The Labute approximate surface area is 168 Å². The summed E-state index contributed by atoms with van der Waals surface area (Å²) in [7, 11) is 0. The molecule has 0 heterocycles.